The molecule has 204 valence electrons. The van der Waals surface area contributed by atoms with E-state index in [2.05, 4.69) is 19.5 Å². The van der Waals surface area contributed by atoms with E-state index in [9.17, 15) is 13.2 Å². The van der Waals surface area contributed by atoms with Gasteiger partial charge in [-0.1, -0.05) is 23.2 Å². The van der Waals surface area contributed by atoms with Crippen LogP contribution in [0.1, 0.15) is 21.8 Å². The topological polar surface area (TPSA) is 85.8 Å². The molecule has 2 aliphatic rings. The fourth-order valence-corrected chi connectivity index (χ4v) is 6.57. The standard InChI is InChI=1S/C27H29Cl2N5O3S.2H2/c1-19(34-13-3-4-20-18-21(28)6-11-25(20)34)27(35)33-16-14-32(15-17-33)22-7-9-23(10-8-22)38(36,37)31-24-5-2-12-30-26(24)29;;/h2,5-12,18-19,31H,3-4,13-17H2,1H3;2*1H/t19-;;/m1../s1. The average molecular weight is 579 g/mol. The second-order valence-electron chi connectivity index (χ2n) is 9.50. The van der Waals surface area contributed by atoms with E-state index in [1.54, 1.807) is 36.4 Å². The Morgan fingerprint density at radius 2 is 1.76 bits per heavy atom. The molecule has 1 fully saturated rings. The normalized spacial score (nSPS) is 16.7. The quantitative estimate of drug-likeness (QED) is 0.407. The highest BCUT2D eigenvalue weighted by atomic mass is 35.5. The Hall–Kier alpha value is -3.01. The molecule has 2 aromatic carbocycles. The molecule has 8 nitrogen and oxygen atoms in total. The van der Waals surface area contributed by atoms with Gasteiger partial charge in [0.05, 0.1) is 10.6 Å². The molecule has 38 heavy (non-hydrogen) atoms. The van der Waals surface area contributed by atoms with Crippen LogP contribution in [-0.2, 0) is 21.2 Å². The first kappa shape index (κ1) is 26.6. The Balaban J connectivity index is 0.00000220. The zero-order valence-electron chi connectivity index (χ0n) is 21.0. The number of nitrogens with one attached hydrogen (secondary N) is 1. The summed E-state index contributed by atoms with van der Waals surface area (Å²) in [7, 11) is -3.81. The number of halogens is 2. The number of carbonyl (C=O) groups is 1. The summed E-state index contributed by atoms with van der Waals surface area (Å²) in [5.74, 6) is 0.119. The van der Waals surface area contributed by atoms with Gasteiger partial charge >= 0.3 is 0 Å². The third-order valence-electron chi connectivity index (χ3n) is 7.13. The van der Waals surface area contributed by atoms with Crippen LogP contribution in [0.3, 0.4) is 0 Å². The maximum Gasteiger partial charge on any atom is 0.261 e. The molecule has 1 atom stereocenters. The van der Waals surface area contributed by atoms with Crippen molar-refractivity contribution in [2.24, 2.45) is 0 Å². The minimum atomic E-state index is -3.81. The number of aryl methyl sites for hydroxylation is 1. The van der Waals surface area contributed by atoms with Gasteiger partial charge in [-0.3, -0.25) is 9.52 Å². The second kappa shape index (κ2) is 11.0. The van der Waals surface area contributed by atoms with Crippen LogP contribution in [0.2, 0.25) is 10.2 Å². The molecule has 3 heterocycles. The molecule has 1 N–H and O–H groups in total. The number of aromatic nitrogens is 1. The number of fused-ring (bicyclic) bond motifs is 1. The summed E-state index contributed by atoms with van der Waals surface area (Å²) in [6, 6.07) is 15.5. The number of hydrogen-bond acceptors (Lipinski definition) is 6. The third-order valence-corrected chi connectivity index (χ3v) is 9.05. The van der Waals surface area contributed by atoms with Gasteiger partial charge in [0.2, 0.25) is 5.91 Å². The molecular formula is C27H33Cl2N5O3S. The average Bonchev–Trinajstić information content (AvgIpc) is 2.93. The summed E-state index contributed by atoms with van der Waals surface area (Å²) >= 11 is 12.2. The van der Waals surface area contributed by atoms with Crippen LogP contribution in [0.4, 0.5) is 17.1 Å². The molecule has 1 saturated heterocycles. The van der Waals surface area contributed by atoms with Crippen molar-refractivity contribution < 1.29 is 16.1 Å². The van der Waals surface area contributed by atoms with Gasteiger partial charge < -0.3 is 14.7 Å². The Bertz CT molecular complexity index is 1440. The summed E-state index contributed by atoms with van der Waals surface area (Å²) in [5.41, 5.74) is 3.42. The summed E-state index contributed by atoms with van der Waals surface area (Å²) in [4.78, 5) is 23.7. The Morgan fingerprint density at radius 1 is 1.03 bits per heavy atom. The first-order valence-corrected chi connectivity index (χ1v) is 14.8. The van der Waals surface area contributed by atoms with Gasteiger partial charge in [0.25, 0.3) is 10.0 Å². The van der Waals surface area contributed by atoms with Crippen LogP contribution < -0.4 is 14.5 Å². The minimum Gasteiger partial charge on any atom is -0.368 e. The zero-order chi connectivity index (χ0) is 26.9. The fourth-order valence-electron chi connectivity index (χ4n) is 5.08. The number of carbonyl (C=O) groups excluding carboxylic acids is 1. The molecule has 0 unspecified atom stereocenters. The largest absolute Gasteiger partial charge is 0.368 e. The number of anilines is 3. The summed E-state index contributed by atoms with van der Waals surface area (Å²) in [5, 5.41) is 0.809. The van der Waals surface area contributed by atoms with Gasteiger partial charge in [-0.25, -0.2) is 13.4 Å². The number of sulfonamides is 1. The number of benzene rings is 2. The first-order chi connectivity index (χ1) is 18.2. The number of piperazine rings is 1. The van der Waals surface area contributed by atoms with E-state index in [4.69, 9.17) is 23.2 Å². The fraction of sp³-hybridized carbons (Fsp3) is 0.333. The Kier molecular flexibility index (Phi) is 7.70. The van der Waals surface area contributed by atoms with E-state index in [1.165, 1.54) is 11.8 Å². The minimum absolute atomic E-state index is 0. The van der Waals surface area contributed by atoms with Gasteiger partial charge in [0.15, 0.2) is 5.15 Å². The van der Waals surface area contributed by atoms with Gasteiger partial charge in [-0.2, -0.15) is 0 Å². The lowest BCUT2D eigenvalue weighted by Crippen LogP contribution is -2.55. The van der Waals surface area contributed by atoms with Crippen molar-refractivity contribution in [2.45, 2.75) is 30.7 Å². The monoisotopic (exact) mass is 577 g/mol. The van der Waals surface area contributed by atoms with Crippen LogP contribution in [0.5, 0.6) is 0 Å². The number of amides is 1. The van der Waals surface area contributed by atoms with Crippen LogP contribution in [0, 0.1) is 0 Å². The van der Waals surface area contributed by atoms with Crippen molar-refractivity contribution in [3.63, 3.8) is 0 Å². The van der Waals surface area contributed by atoms with Crippen molar-refractivity contribution in [2.75, 3.05) is 47.2 Å². The van der Waals surface area contributed by atoms with E-state index >= 15 is 0 Å². The number of hydrogen-bond donors (Lipinski definition) is 1. The van der Waals surface area contributed by atoms with E-state index in [0.717, 1.165) is 35.8 Å². The van der Waals surface area contributed by atoms with Crippen LogP contribution in [0.15, 0.2) is 65.7 Å². The van der Waals surface area contributed by atoms with Crippen molar-refractivity contribution in [1.82, 2.24) is 9.88 Å². The van der Waals surface area contributed by atoms with E-state index < -0.39 is 10.0 Å². The molecule has 0 spiro atoms. The number of pyridine rings is 1. The molecule has 0 bridgehead atoms. The first-order valence-electron chi connectivity index (χ1n) is 12.5. The molecule has 2 aliphatic heterocycles. The lowest BCUT2D eigenvalue weighted by atomic mass is 10.00. The predicted molar refractivity (Wildman–Crippen MR) is 156 cm³/mol. The lowest BCUT2D eigenvalue weighted by molar-refractivity contribution is -0.132. The summed E-state index contributed by atoms with van der Waals surface area (Å²) in [6.45, 7) is 5.36. The zero-order valence-corrected chi connectivity index (χ0v) is 23.3. The highest BCUT2D eigenvalue weighted by Gasteiger charge is 2.31. The summed E-state index contributed by atoms with van der Waals surface area (Å²) < 4.78 is 28.0. The van der Waals surface area contributed by atoms with Gasteiger partial charge in [0.1, 0.15) is 6.04 Å². The highest BCUT2D eigenvalue weighted by molar-refractivity contribution is 7.92. The van der Waals surface area contributed by atoms with Gasteiger partial charge in [-0.05, 0) is 79.9 Å². The number of nitrogens with zero attached hydrogens (tertiary/aromatic N) is 4. The van der Waals surface area contributed by atoms with Crippen LogP contribution >= 0.6 is 23.2 Å². The Morgan fingerprint density at radius 3 is 2.47 bits per heavy atom. The molecule has 1 amide bonds. The predicted octanol–water partition coefficient (Wildman–Crippen LogP) is 5.17. The van der Waals surface area contributed by atoms with Gasteiger partial charge in [0, 0.05) is 58.2 Å². The third kappa shape index (κ3) is 5.55. The van der Waals surface area contributed by atoms with E-state index in [1.807, 2.05) is 30.0 Å². The van der Waals surface area contributed by atoms with Crippen LogP contribution in [-0.4, -0.2) is 63.0 Å². The lowest BCUT2D eigenvalue weighted by Gasteiger charge is -2.41. The van der Waals surface area contributed by atoms with Crippen molar-refractivity contribution in [3.8, 4) is 0 Å². The Labute approximate surface area is 236 Å². The molecule has 0 saturated carbocycles. The molecule has 0 radical (unpaired) electrons. The number of rotatable bonds is 6. The molecule has 11 heteroatoms. The van der Waals surface area contributed by atoms with E-state index in [0.29, 0.717) is 26.2 Å². The van der Waals surface area contributed by atoms with E-state index in [-0.39, 0.29) is 30.5 Å². The summed E-state index contributed by atoms with van der Waals surface area (Å²) in [6.07, 6.45) is 3.46. The SMILES string of the molecule is C[C@H](C(=O)N1CCN(c2ccc(S(=O)(=O)Nc3cccnc3Cl)cc2)CC1)N1CCCc2cc(Cl)ccc21.[HH].[HH]. The molecule has 0 aliphatic carbocycles. The maximum absolute atomic E-state index is 13.4. The molecule has 5 rings (SSSR count). The molecule has 1 aromatic heterocycles. The van der Waals surface area contributed by atoms with Crippen molar-refractivity contribution in [3.05, 3.63) is 76.5 Å². The van der Waals surface area contributed by atoms with Crippen molar-refractivity contribution in [1.29, 1.82) is 0 Å². The maximum atomic E-state index is 13.4. The smallest absolute Gasteiger partial charge is 0.261 e. The van der Waals surface area contributed by atoms with Crippen LogP contribution in [0.25, 0.3) is 0 Å². The second-order valence-corrected chi connectivity index (χ2v) is 12.0. The van der Waals surface area contributed by atoms with Gasteiger partial charge in [-0.15, -0.1) is 0 Å². The molecular weight excluding hydrogens is 545 g/mol. The molecule has 3 aromatic rings. The highest BCUT2D eigenvalue weighted by Crippen LogP contribution is 2.32. The van der Waals surface area contributed by atoms with Crippen molar-refractivity contribution >= 4 is 56.2 Å².